The van der Waals surface area contributed by atoms with Crippen molar-refractivity contribution < 1.29 is 9.34 Å². The molecule has 2 aromatic carbocycles. The maximum atomic E-state index is 13.0. The second kappa shape index (κ2) is 5.81. The summed E-state index contributed by atoms with van der Waals surface area (Å²) in [6.45, 7) is 3.61. The lowest BCUT2D eigenvalue weighted by Gasteiger charge is -2.10. The number of nitro groups is 1. The van der Waals surface area contributed by atoms with E-state index in [-0.39, 0.29) is 11.3 Å². The molecular formula is C20H13N3O4. The smallest absolute Gasteiger partial charge is 0.274 e. The van der Waals surface area contributed by atoms with Gasteiger partial charge < -0.3 is 4.42 Å². The first-order valence-electron chi connectivity index (χ1n) is 8.15. The number of rotatable bonds is 2. The van der Waals surface area contributed by atoms with Gasteiger partial charge in [-0.15, -0.1) is 0 Å². The van der Waals surface area contributed by atoms with Gasteiger partial charge >= 0.3 is 0 Å². The molecule has 0 fully saturated rings. The van der Waals surface area contributed by atoms with Crippen molar-refractivity contribution in [1.82, 2.24) is 4.57 Å². The second-order valence-corrected chi connectivity index (χ2v) is 6.31. The molecule has 0 aliphatic carbocycles. The Kier molecular flexibility index (Phi) is 3.56. The van der Waals surface area contributed by atoms with Crippen LogP contribution < -0.4 is 5.56 Å². The Morgan fingerprint density at radius 2 is 1.85 bits per heavy atom. The van der Waals surface area contributed by atoms with Gasteiger partial charge in [0.05, 0.1) is 4.92 Å². The molecule has 0 atom stereocenters. The number of benzene rings is 2. The van der Waals surface area contributed by atoms with Crippen LogP contribution in [0.1, 0.15) is 16.7 Å². The predicted molar refractivity (Wildman–Crippen MR) is 100 cm³/mol. The highest BCUT2D eigenvalue weighted by molar-refractivity contribution is 6.05. The third-order valence-corrected chi connectivity index (χ3v) is 4.61. The van der Waals surface area contributed by atoms with Gasteiger partial charge in [0, 0.05) is 28.8 Å². The first-order valence-corrected chi connectivity index (χ1v) is 8.15. The zero-order valence-electron chi connectivity index (χ0n) is 14.5. The summed E-state index contributed by atoms with van der Waals surface area (Å²) in [4.78, 5) is 23.4. The standard InChI is InChI=1S/C20H13N3O4/c1-11-3-8-15-17(9-11)27-19-12(2)16(10-21)20(24)22(18(15)19)13-4-6-14(7-5-13)23(25)26/h3-9H,1-2H3. The van der Waals surface area contributed by atoms with Gasteiger partial charge in [-0.25, -0.2) is 0 Å². The van der Waals surface area contributed by atoms with Crippen molar-refractivity contribution in [3.63, 3.8) is 0 Å². The molecule has 0 unspecified atom stereocenters. The highest BCUT2D eigenvalue weighted by atomic mass is 16.6. The molecule has 7 heteroatoms. The number of fused-ring (bicyclic) bond motifs is 3. The number of hydrogen-bond acceptors (Lipinski definition) is 5. The SMILES string of the molecule is Cc1ccc2c(c1)oc1c(C)c(C#N)c(=O)n(-c3ccc([N+](=O)[O-])cc3)c12. The van der Waals surface area contributed by atoms with E-state index in [1.807, 2.05) is 31.2 Å². The molecule has 0 bridgehead atoms. The topological polar surface area (TPSA) is 102 Å². The maximum Gasteiger partial charge on any atom is 0.274 e. The number of furan rings is 1. The highest BCUT2D eigenvalue weighted by Gasteiger charge is 2.21. The Morgan fingerprint density at radius 1 is 1.15 bits per heavy atom. The van der Waals surface area contributed by atoms with Crippen LogP contribution in [-0.4, -0.2) is 9.49 Å². The molecule has 0 spiro atoms. The molecule has 0 aliphatic heterocycles. The molecular weight excluding hydrogens is 346 g/mol. The van der Waals surface area contributed by atoms with Gasteiger partial charge in [-0.3, -0.25) is 19.5 Å². The molecule has 2 aromatic heterocycles. The molecule has 0 radical (unpaired) electrons. The Morgan fingerprint density at radius 3 is 2.48 bits per heavy atom. The monoisotopic (exact) mass is 359 g/mol. The van der Waals surface area contributed by atoms with Crippen molar-refractivity contribution in [3.8, 4) is 11.8 Å². The van der Waals surface area contributed by atoms with Crippen molar-refractivity contribution in [2.24, 2.45) is 0 Å². The van der Waals surface area contributed by atoms with E-state index in [2.05, 4.69) is 0 Å². The van der Waals surface area contributed by atoms with Crippen molar-refractivity contribution in [1.29, 1.82) is 5.26 Å². The van der Waals surface area contributed by atoms with Gasteiger partial charge in [-0.1, -0.05) is 6.07 Å². The summed E-state index contributed by atoms with van der Waals surface area (Å²) in [5.74, 6) is 0. The summed E-state index contributed by atoms with van der Waals surface area (Å²) >= 11 is 0. The number of nitrogens with zero attached hydrogens (tertiary/aromatic N) is 3. The number of non-ortho nitro benzene ring substituents is 1. The predicted octanol–water partition coefficient (Wildman–Crippen LogP) is 4.13. The third-order valence-electron chi connectivity index (χ3n) is 4.61. The van der Waals surface area contributed by atoms with Crippen LogP contribution >= 0.6 is 0 Å². The summed E-state index contributed by atoms with van der Waals surface area (Å²) < 4.78 is 7.35. The number of hydrogen-bond donors (Lipinski definition) is 0. The fourth-order valence-corrected chi connectivity index (χ4v) is 3.26. The first-order chi connectivity index (χ1) is 12.9. The number of nitro benzene ring substituents is 1. The molecule has 0 aliphatic rings. The van der Waals surface area contributed by atoms with Gasteiger partial charge in [0.2, 0.25) is 0 Å². The number of nitriles is 1. The summed E-state index contributed by atoms with van der Waals surface area (Å²) in [6.07, 6.45) is 0. The third kappa shape index (κ3) is 2.39. The van der Waals surface area contributed by atoms with Crippen molar-refractivity contribution >= 4 is 27.8 Å². The molecule has 27 heavy (non-hydrogen) atoms. The van der Waals surface area contributed by atoms with Gasteiger partial charge in [-0.05, 0) is 43.7 Å². The quantitative estimate of drug-likeness (QED) is 0.395. The molecule has 0 N–H and O–H groups in total. The zero-order chi connectivity index (χ0) is 19.3. The largest absolute Gasteiger partial charge is 0.454 e. The average molecular weight is 359 g/mol. The van der Waals surface area contributed by atoms with Gasteiger partial charge in [0.15, 0.2) is 5.58 Å². The van der Waals surface area contributed by atoms with Crippen LogP contribution in [0.4, 0.5) is 5.69 Å². The van der Waals surface area contributed by atoms with Gasteiger partial charge in [0.1, 0.15) is 22.7 Å². The van der Waals surface area contributed by atoms with Crippen LogP contribution in [0, 0.1) is 35.3 Å². The van der Waals surface area contributed by atoms with Crippen molar-refractivity contribution in [3.05, 3.63) is 79.6 Å². The molecule has 132 valence electrons. The van der Waals surface area contributed by atoms with Crippen LogP contribution in [0.25, 0.3) is 27.8 Å². The highest BCUT2D eigenvalue weighted by Crippen LogP contribution is 2.33. The van der Waals surface area contributed by atoms with E-state index in [0.29, 0.717) is 27.9 Å². The first kappa shape index (κ1) is 16.5. The average Bonchev–Trinajstić information content (AvgIpc) is 3.01. The minimum atomic E-state index is -0.506. The molecule has 0 saturated heterocycles. The van der Waals surface area contributed by atoms with Gasteiger partial charge in [0.25, 0.3) is 11.2 Å². The number of aryl methyl sites for hydroxylation is 2. The lowest BCUT2D eigenvalue weighted by Crippen LogP contribution is -2.22. The Bertz CT molecular complexity index is 1340. The molecule has 2 heterocycles. The maximum absolute atomic E-state index is 13.0. The molecule has 4 aromatic rings. The van der Waals surface area contributed by atoms with E-state index < -0.39 is 10.5 Å². The van der Waals surface area contributed by atoms with Crippen LogP contribution in [-0.2, 0) is 0 Å². The summed E-state index contributed by atoms with van der Waals surface area (Å²) in [5, 5.41) is 21.1. The van der Waals surface area contributed by atoms with E-state index in [1.165, 1.54) is 28.8 Å². The van der Waals surface area contributed by atoms with E-state index in [4.69, 9.17) is 4.42 Å². The molecule has 0 saturated carbocycles. The van der Waals surface area contributed by atoms with E-state index >= 15 is 0 Å². The van der Waals surface area contributed by atoms with Crippen molar-refractivity contribution in [2.45, 2.75) is 13.8 Å². The lowest BCUT2D eigenvalue weighted by atomic mass is 10.1. The Hall–Kier alpha value is -3.92. The van der Waals surface area contributed by atoms with Crippen molar-refractivity contribution in [2.75, 3.05) is 0 Å². The fraction of sp³-hybridized carbons (Fsp3) is 0.100. The van der Waals surface area contributed by atoms with Crippen LogP contribution in [0.5, 0.6) is 0 Å². The molecule has 0 amide bonds. The normalized spacial score (nSPS) is 11.0. The number of aromatic nitrogens is 1. The molecule has 4 rings (SSSR count). The summed E-state index contributed by atoms with van der Waals surface area (Å²) in [7, 11) is 0. The number of pyridine rings is 1. The van der Waals surface area contributed by atoms with Crippen LogP contribution in [0.2, 0.25) is 0 Å². The lowest BCUT2D eigenvalue weighted by molar-refractivity contribution is -0.384. The fourth-order valence-electron chi connectivity index (χ4n) is 3.26. The van der Waals surface area contributed by atoms with Gasteiger partial charge in [-0.2, -0.15) is 5.26 Å². The minimum Gasteiger partial charge on any atom is -0.454 e. The van der Waals surface area contributed by atoms with E-state index in [1.54, 1.807) is 6.92 Å². The summed E-state index contributed by atoms with van der Waals surface area (Å²) in [6, 6.07) is 13.2. The minimum absolute atomic E-state index is 0.0170. The van der Waals surface area contributed by atoms with Crippen LogP contribution in [0.3, 0.4) is 0 Å². The van der Waals surface area contributed by atoms with E-state index in [0.717, 1.165) is 10.9 Å². The Balaban J connectivity index is 2.18. The Labute approximate surface area is 152 Å². The van der Waals surface area contributed by atoms with E-state index in [9.17, 15) is 20.2 Å². The zero-order valence-corrected chi connectivity index (χ0v) is 14.5. The summed E-state index contributed by atoms with van der Waals surface area (Å²) in [5.41, 5.74) is 2.92. The van der Waals surface area contributed by atoms with Crippen LogP contribution in [0.15, 0.2) is 51.7 Å². The second-order valence-electron chi connectivity index (χ2n) is 6.31. The molecule has 7 nitrogen and oxygen atoms in total.